The van der Waals surface area contributed by atoms with Crippen molar-refractivity contribution in [3.8, 4) is 0 Å². The summed E-state index contributed by atoms with van der Waals surface area (Å²) in [7, 11) is 0. The Balaban J connectivity index is 1.93. The predicted octanol–water partition coefficient (Wildman–Crippen LogP) is 3.01. The van der Waals surface area contributed by atoms with Gasteiger partial charge in [-0.3, -0.25) is 4.90 Å². The molecule has 100 valence electrons. The quantitative estimate of drug-likeness (QED) is 0.771. The van der Waals surface area contributed by atoms with E-state index in [9.17, 15) is 0 Å². The Morgan fingerprint density at radius 3 is 2.47 bits per heavy atom. The molecule has 0 aliphatic heterocycles. The zero-order valence-corrected chi connectivity index (χ0v) is 11.7. The van der Waals surface area contributed by atoms with E-state index in [0.717, 1.165) is 30.5 Å². The summed E-state index contributed by atoms with van der Waals surface area (Å²) in [6, 6.07) is 1.54. The molecule has 2 nitrogen and oxygen atoms in total. The monoisotopic (exact) mass is 238 g/mol. The van der Waals surface area contributed by atoms with E-state index in [1.165, 1.54) is 51.5 Å². The van der Waals surface area contributed by atoms with E-state index in [1.54, 1.807) is 0 Å². The SMILES string of the molecule is CCN(C(C)CC1CC1)C1CCCCC1CN. The second-order valence-electron chi connectivity index (χ2n) is 6.21. The first-order valence-corrected chi connectivity index (χ1v) is 7.72. The van der Waals surface area contributed by atoms with Crippen LogP contribution >= 0.6 is 0 Å². The average Bonchev–Trinajstić information content (AvgIpc) is 3.14. The van der Waals surface area contributed by atoms with Crippen LogP contribution in [0.1, 0.15) is 58.8 Å². The highest BCUT2D eigenvalue weighted by molar-refractivity contribution is 4.88. The lowest BCUT2D eigenvalue weighted by Crippen LogP contribution is -2.49. The van der Waals surface area contributed by atoms with Crippen LogP contribution in [-0.2, 0) is 0 Å². The van der Waals surface area contributed by atoms with Crippen molar-refractivity contribution in [2.75, 3.05) is 13.1 Å². The molecule has 0 saturated heterocycles. The van der Waals surface area contributed by atoms with Gasteiger partial charge in [-0.1, -0.05) is 32.6 Å². The van der Waals surface area contributed by atoms with Crippen LogP contribution in [0.4, 0.5) is 0 Å². The Hall–Kier alpha value is -0.0800. The minimum Gasteiger partial charge on any atom is -0.330 e. The van der Waals surface area contributed by atoms with Gasteiger partial charge in [0.25, 0.3) is 0 Å². The molecular weight excluding hydrogens is 208 g/mol. The zero-order chi connectivity index (χ0) is 12.3. The van der Waals surface area contributed by atoms with Gasteiger partial charge in [-0.05, 0) is 51.1 Å². The Kier molecular flexibility index (Phi) is 4.87. The number of nitrogens with two attached hydrogens (primary N) is 1. The molecule has 2 N–H and O–H groups in total. The maximum atomic E-state index is 5.97. The van der Waals surface area contributed by atoms with Crippen LogP contribution in [0.2, 0.25) is 0 Å². The molecule has 0 aromatic carbocycles. The van der Waals surface area contributed by atoms with E-state index in [-0.39, 0.29) is 0 Å². The van der Waals surface area contributed by atoms with Crippen LogP contribution < -0.4 is 5.73 Å². The largest absolute Gasteiger partial charge is 0.330 e. The minimum atomic E-state index is 0.755. The van der Waals surface area contributed by atoms with Gasteiger partial charge >= 0.3 is 0 Å². The topological polar surface area (TPSA) is 29.3 Å². The third kappa shape index (κ3) is 3.45. The molecule has 2 rings (SSSR count). The number of hydrogen-bond acceptors (Lipinski definition) is 2. The zero-order valence-electron chi connectivity index (χ0n) is 11.7. The fourth-order valence-corrected chi connectivity index (χ4v) is 3.74. The summed E-state index contributed by atoms with van der Waals surface area (Å²) < 4.78 is 0. The summed E-state index contributed by atoms with van der Waals surface area (Å²) in [6.45, 7) is 6.85. The molecule has 2 fully saturated rings. The summed E-state index contributed by atoms with van der Waals surface area (Å²) in [5.41, 5.74) is 5.97. The van der Waals surface area contributed by atoms with Gasteiger partial charge < -0.3 is 5.73 Å². The second-order valence-corrected chi connectivity index (χ2v) is 6.21. The van der Waals surface area contributed by atoms with Gasteiger partial charge in [-0.2, -0.15) is 0 Å². The normalized spacial score (nSPS) is 31.8. The van der Waals surface area contributed by atoms with Crippen LogP contribution in [0.5, 0.6) is 0 Å². The highest BCUT2D eigenvalue weighted by atomic mass is 15.2. The second kappa shape index (κ2) is 6.19. The molecule has 3 unspecified atom stereocenters. The molecule has 0 aromatic rings. The highest BCUT2D eigenvalue weighted by Gasteiger charge is 2.33. The van der Waals surface area contributed by atoms with Gasteiger partial charge in [0, 0.05) is 12.1 Å². The van der Waals surface area contributed by atoms with Crippen LogP contribution in [0.25, 0.3) is 0 Å². The van der Waals surface area contributed by atoms with E-state index in [0.29, 0.717) is 0 Å². The van der Waals surface area contributed by atoms with Crippen molar-refractivity contribution in [1.82, 2.24) is 4.90 Å². The summed E-state index contributed by atoms with van der Waals surface area (Å²) in [5, 5.41) is 0. The van der Waals surface area contributed by atoms with Crippen molar-refractivity contribution in [3.05, 3.63) is 0 Å². The standard InChI is InChI=1S/C15H30N2/c1-3-17(12(2)10-13-8-9-13)15-7-5-4-6-14(15)11-16/h12-15H,3-11,16H2,1-2H3. The molecule has 2 heteroatoms. The maximum absolute atomic E-state index is 5.97. The van der Waals surface area contributed by atoms with Crippen molar-refractivity contribution in [2.45, 2.75) is 70.9 Å². The molecule has 0 bridgehead atoms. The minimum absolute atomic E-state index is 0.755. The Labute approximate surface area is 107 Å². The van der Waals surface area contributed by atoms with Crippen molar-refractivity contribution >= 4 is 0 Å². The van der Waals surface area contributed by atoms with Crippen molar-refractivity contribution < 1.29 is 0 Å². The van der Waals surface area contributed by atoms with Gasteiger partial charge in [-0.15, -0.1) is 0 Å². The summed E-state index contributed by atoms with van der Waals surface area (Å²) in [5.74, 6) is 1.80. The molecule has 17 heavy (non-hydrogen) atoms. The lowest BCUT2D eigenvalue weighted by atomic mass is 9.82. The Morgan fingerprint density at radius 2 is 1.88 bits per heavy atom. The van der Waals surface area contributed by atoms with Crippen LogP contribution in [0, 0.1) is 11.8 Å². The molecule has 0 spiro atoms. The van der Waals surface area contributed by atoms with E-state index in [4.69, 9.17) is 5.73 Å². The van der Waals surface area contributed by atoms with Crippen molar-refractivity contribution in [1.29, 1.82) is 0 Å². The van der Waals surface area contributed by atoms with E-state index in [2.05, 4.69) is 18.7 Å². The molecule has 0 heterocycles. The van der Waals surface area contributed by atoms with Crippen LogP contribution in [0.15, 0.2) is 0 Å². The number of hydrogen-bond donors (Lipinski definition) is 1. The fraction of sp³-hybridized carbons (Fsp3) is 1.00. The van der Waals surface area contributed by atoms with E-state index in [1.807, 2.05) is 0 Å². The highest BCUT2D eigenvalue weighted by Crippen LogP contribution is 2.36. The lowest BCUT2D eigenvalue weighted by molar-refractivity contribution is 0.0713. The van der Waals surface area contributed by atoms with Crippen LogP contribution in [0.3, 0.4) is 0 Å². The number of rotatable bonds is 6. The van der Waals surface area contributed by atoms with Gasteiger partial charge in [-0.25, -0.2) is 0 Å². The Bertz CT molecular complexity index is 225. The smallest absolute Gasteiger partial charge is 0.0138 e. The van der Waals surface area contributed by atoms with Crippen molar-refractivity contribution in [2.24, 2.45) is 17.6 Å². The molecule has 0 radical (unpaired) electrons. The lowest BCUT2D eigenvalue weighted by Gasteiger charge is -2.42. The third-order valence-electron chi connectivity index (χ3n) is 4.90. The fourth-order valence-electron chi connectivity index (χ4n) is 3.74. The first-order chi connectivity index (χ1) is 8.26. The summed E-state index contributed by atoms with van der Waals surface area (Å²) in [4.78, 5) is 2.76. The summed E-state index contributed by atoms with van der Waals surface area (Å²) >= 11 is 0. The van der Waals surface area contributed by atoms with Gasteiger partial charge in [0.05, 0.1) is 0 Å². The molecular formula is C15H30N2. The van der Waals surface area contributed by atoms with Crippen LogP contribution in [-0.4, -0.2) is 30.1 Å². The predicted molar refractivity (Wildman–Crippen MR) is 74.0 cm³/mol. The molecule has 2 aliphatic carbocycles. The molecule has 2 aliphatic rings. The average molecular weight is 238 g/mol. The molecule has 0 aromatic heterocycles. The molecule has 3 atom stereocenters. The van der Waals surface area contributed by atoms with E-state index >= 15 is 0 Å². The van der Waals surface area contributed by atoms with Gasteiger partial charge in [0.1, 0.15) is 0 Å². The van der Waals surface area contributed by atoms with E-state index < -0.39 is 0 Å². The molecule has 2 saturated carbocycles. The summed E-state index contributed by atoms with van der Waals surface area (Å²) in [6.07, 6.45) is 9.92. The van der Waals surface area contributed by atoms with Crippen molar-refractivity contribution in [3.63, 3.8) is 0 Å². The maximum Gasteiger partial charge on any atom is 0.0138 e. The third-order valence-corrected chi connectivity index (χ3v) is 4.90. The number of nitrogens with zero attached hydrogens (tertiary/aromatic N) is 1. The first-order valence-electron chi connectivity index (χ1n) is 7.72. The Morgan fingerprint density at radius 1 is 1.18 bits per heavy atom. The van der Waals surface area contributed by atoms with Gasteiger partial charge in [0.2, 0.25) is 0 Å². The van der Waals surface area contributed by atoms with Gasteiger partial charge in [0.15, 0.2) is 0 Å². The molecule has 0 amide bonds. The first kappa shape index (κ1) is 13.4.